The molecule has 1 aliphatic carbocycles. The molecule has 0 aliphatic heterocycles. The Labute approximate surface area is 92.7 Å². The highest BCUT2D eigenvalue weighted by Crippen LogP contribution is 2.29. The minimum Gasteiger partial charge on any atom is -0.392 e. The Morgan fingerprint density at radius 3 is 2.43 bits per heavy atom. The lowest BCUT2D eigenvalue weighted by molar-refractivity contribution is 0.172. The lowest BCUT2D eigenvalue weighted by Crippen LogP contribution is -2.17. The molecule has 1 rings (SSSR count). The monoisotopic (exact) mass is 216 g/mol. The average Bonchev–Trinajstić information content (AvgIpc) is 2.15. The van der Waals surface area contributed by atoms with E-state index in [2.05, 4.69) is 13.8 Å². The minimum absolute atomic E-state index is 0.0815. The Bertz CT molecular complexity index is 141. The van der Waals surface area contributed by atoms with Crippen molar-refractivity contribution in [3.8, 4) is 0 Å². The third kappa shape index (κ3) is 5.26. The van der Waals surface area contributed by atoms with Gasteiger partial charge in [0.15, 0.2) is 0 Å². The van der Waals surface area contributed by atoms with Crippen molar-refractivity contribution >= 4 is 11.8 Å². The molecule has 0 spiro atoms. The van der Waals surface area contributed by atoms with Gasteiger partial charge in [0, 0.05) is 11.0 Å². The first kappa shape index (κ1) is 12.4. The molecule has 2 heteroatoms. The van der Waals surface area contributed by atoms with Crippen molar-refractivity contribution in [1.82, 2.24) is 0 Å². The minimum atomic E-state index is -0.0815. The van der Waals surface area contributed by atoms with E-state index in [4.69, 9.17) is 0 Å². The second-order valence-electron chi connectivity index (χ2n) is 4.88. The molecule has 0 saturated heterocycles. The number of rotatable bonds is 5. The van der Waals surface area contributed by atoms with E-state index in [0.29, 0.717) is 5.92 Å². The van der Waals surface area contributed by atoms with E-state index in [9.17, 15) is 5.11 Å². The van der Waals surface area contributed by atoms with Crippen LogP contribution in [0.1, 0.15) is 52.4 Å². The zero-order valence-electron chi connectivity index (χ0n) is 9.54. The summed E-state index contributed by atoms with van der Waals surface area (Å²) < 4.78 is 0. The molecule has 0 aromatic carbocycles. The molecule has 0 bridgehead atoms. The fraction of sp³-hybridized carbons (Fsp3) is 1.00. The molecule has 0 heterocycles. The van der Waals surface area contributed by atoms with E-state index in [1.165, 1.54) is 32.1 Å². The quantitative estimate of drug-likeness (QED) is 0.759. The molecule has 1 nitrogen and oxygen atoms in total. The van der Waals surface area contributed by atoms with Gasteiger partial charge >= 0.3 is 0 Å². The van der Waals surface area contributed by atoms with E-state index in [1.807, 2.05) is 11.8 Å². The van der Waals surface area contributed by atoms with Gasteiger partial charge < -0.3 is 5.11 Å². The zero-order valence-corrected chi connectivity index (χ0v) is 10.4. The molecular weight excluding hydrogens is 192 g/mol. The molecule has 1 fully saturated rings. The zero-order chi connectivity index (χ0) is 10.4. The van der Waals surface area contributed by atoms with Crippen LogP contribution in [0.2, 0.25) is 0 Å². The Kier molecular flexibility index (Phi) is 5.95. The normalized spacial score (nSPS) is 21.4. The molecular formula is C12H24OS. The fourth-order valence-electron chi connectivity index (χ4n) is 2.09. The van der Waals surface area contributed by atoms with Gasteiger partial charge in [-0.25, -0.2) is 0 Å². The van der Waals surface area contributed by atoms with E-state index in [0.717, 1.165) is 17.4 Å². The maximum absolute atomic E-state index is 9.73. The van der Waals surface area contributed by atoms with Crippen LogP contribution in [-0.2, 0) is 0 Å². The van der Waals surface area contributed by atoms with Crippen molar-refractivity contribution < 1.29 is 5.11 Å². The molecule has 0 amide bonds. The standard InChI is InChI=1S/C12H24OS/c1-10(2)8-11(13)9-14-12-6-4-3-5-7-12/h10-13H,3-9H2,1-2H3. The lowest BCUT2D eigenvalue weighted by Gasteiger charge is -2.22. The van der Waals surface area contributed by atoms with Crippen molar-refractivity contribution in [3.63, 3.8) is 0 Å². The summed E-state index contributed by atoms with van der Waals surface area (Å²) in [6.45, 7) is 4.35. The topological polar surface area (TPSA) is 20.2 Å². The first-order valence-corrected chi connectivity index (χ1v) is 7.03. The van der Waals surface area contributed by atoms with Gasteiger partial charge in [-0.05, 0) is 25.2 Å². The summed E-state index contributed by atoms with van der Waals surface area (Å²) in [6.07, 6.45) is 7.85. The van der Waals surface area contributed by atoms with Crippen LogP contribution < -0.4 is 0 Å². The summed E-state index contributed by atoms with van der Waals surface area (Å²) in [7, 11) is 0. The van der Waals surface area contributed by atoms with E-state index < -0.39 is 0 Å². The van der Waals surface area contributed by atoms with Crippen molar-refractivity contribution in [2.24, 2.45) is 5.92 Å². The van der Waals surface area contributed by atoms with Crippen molar-refractivity contribution in [2.75, 3.05) is 5.75 Å². The lowest BCUT2D eigenvalue weighted by atomic mass is 10.0. The Morgan fingerprint density at radius 1 is 1.21 bits per heavy atom. The smallest absolute Gasteiger partial charge is 0.0633 e. The summed E-state index contributed by atoms with van der Waals surface area (Å²) in [5.41, 5.74) is 0. The predicted octanol–water partition coefficient (Wildman–Crippen LogP) is 3.46. The molecule has 84 valence electrons. The Hall–Kier alpha value is 0.310. The van der Waals surface area contributed by atoms with Crippen LogP contribution in [0.3, 0.4) is 0 Å². The van der Waals surface area contributed by atoms with Gasteiger partial charge in [-0.2, -0.15) is 11.8 Å². The molecule has 1 N–H and O–H groups in total. The van der Waals surface area contributed by atoms with Crippen LogP contribution in [0, 0.1) is 5.92 Å². The molecule has 1 saturated carbocycles. The molecule has 1 aliphatic rings. The number of thioether (sulfide) groups is 1. The van der Waals surface area contributed by atoms with Crippen molar-refractivity contribution in [1.29, 1.82) is 0 Å². The van der Waals surface area contributed by atoms with Gasteiger partial charge in [0.2, 0.25) is 0 Å². The van der Waals surface area contributed by atoms with Gasteiger partial charge in [-0.3, -0.25) is 0 Å². The highest BCUT2D eigenvalue weighted by Gasteiger charge is 2.15. The van der Waals surface area contributed by atoms with Crippen LogP contribution >= 0.6 is 11.8 Å². The second-order valence-corrected chi connectivity index (χ2v) is 6.21. The Morgan fingerprint density at radius 2 is 1.86 bits per heavy atom. The molecule has 1 atom stereocenters. The van der Waals surface area contributed by atoms with Crippen LogP contribution in [-0.4, -0.2) is 22.2 Å². The van der Waals surface area contributed by atoms with Gasteiger partial charge in [0.25, 0.3) is 0 Å². The highest BCUT2D eigenvalue weighted by atomic mass is 32.2. The number of aliphatic hydroxyl groups is 1. The number of aliphatic hydroxyl groups excluding tert-OH is 1. The van der Waals surface area contributed by atoms with Gasteiger partial charge in [0.1, 0.15) is 0 Å². The van der Waals surface area contributed by atoms with Crippen LogP contribution in [0.15, 0.2) is 0 Å². The summed E-state index contributed by atoms with van der Waals surface area (Å²) in [4.78, 5) is 0. The summed E-state index contributed by atoms with van der Waals surface area (Å²) in [5.74, 6) is 1.57. The molecule has 0 aromatic heterocycles. The molecule has 0 aromatic rings. The Balaban J connectivity index is 2.06. The predicted molar refractivity (Wildman–Crippen MR) is 64.8 cm³/mol. The third-order valence-electron chi connectivity index (χ3n) is 2.82. The maximum Gasteiger partial charge on any atom is 0.0633 e. The van der Waals surface area contributed by atoms with Crippen molar-refractivity contribution in [3.05, 3.63) is 0 Å². The highest BCUT2D eigenvalue weighted by molar-refractivity contribution is 7.99. The molecule has 0 radical (unpaired) electrons. The van der Waals surface area contributed by atoms with Crippen molar-refractivity contribution in [2.45, 2.75) is 63.7 Å². The maximum atomic E-state index is 9.73. The first-order chi connectivity index (χ1) is 6.68. The van der Waals surface area contributed by atoms with E-state index in [-0.39, 0.29) is 6.10 Å². The SMILES string of the molecule is CC(C)CC(O)CSC1CCCCC1. The van der Waals surface area contributed by atoms with Crippen LogP contribution in [0.25, 0.3) is 0 Å². The summed E-state index contributed by atoms with van der Waals surface area (Å²) in [5, 5.41) is 10.6. The van der Waals surface area contributed by atoms with Gasteiger partial charge in [-0.1, -0.05) is 33.1 Å². The van der Waals surface area contributed by atoms with Crippen LogP contribution in [0.5, 0.6) is 0 Å². The molecule has 1 unspecified atom stereocenters. The van der Waals surface area contributed by atoms with Gasteiger partial charge in [-0.15, -0.1) is 0 Å². The second kappa shape index (κ2) is 6.73. The fourth-order valence-corrected chi connectivity index (χ4v) is 3.39. The largest absolute Gasteiger partial charge is 0.392 e. The van der Waals surface area contributed by atoms with Crippen LogP contribution in [0.4, 0.5) is 0 Å². The van der Waals surface area contributed by atoms with Gasteiger partial charge in [0.05, 0.1) is 6.10 Å². The third-order valence-corrected chi connectivity index (χ3v) is 4.34. The first-order valence-electron chi connectivity index (χ1n) is 5.98. The average molecular weight is 216 g/mol. The summed E-state index contributed by atoms with van der Waals surface area (Å²) in [6, 6.07) is 0. The van der Waals surface area contributed by atoms with E-state index in [1.54, 1.807) is 0 Å². The molecule has 14 heavy (non-hydrogen) atoms. The van der Waals surface area contributed by atoms with E-state index >= 15 is 0 Å². The number of hydrogen-bond acceptors (Lipinski definition) is 2. The number of hydrogen-bond donors (Lipinski definition) is 1. The summed E-state index contributed by atoms with van der Waals surface area (Å²) >= 11 is 2.00.